The predicted molar refractivity (Wildman–Crippen MR) is 75.8 cm³/mol. The lowest BCUT2D eigenvalue weighted by Gasteiger charge is -2.07. The molecule has 0 saturated carbocycles. The van der Waals surface area contributed by atoms with Gasteiger partial charge in [0.1, 0.15) is 0 Å². The molecule has 2 rings (SSSR count). The predicted octanol–water partition coefficient (Wildman–Crippen LogP) is 1.90. The van der Waals surface area contributed by atoms with Gasteiger partial charge in [0.05, 0.1) is 6.61 Å². The molecule has 0 aliphatic rings. The molecule has 0 radical (unpaired) electrons. The maximum atomic E-state index is 5.14. The third-order valence-electron chi connectivity index (χ3n) is 3.11. The van der Waals surface area contributed by atoms with E-state index in [9.17, 15) is 0 Å². The standard InChI is InChI=1S/C15H21N3O/c1-18-15(7-9-17-18)6-8-16-11-13-4-3-5-14(10-13)12-19-2/h3-5,7,9-10,16H,6,8,11-12H2,1-2H3. The first-order chi connectivity index (χ1) is 9.29. The minimum absolute atomic E-state index is 0.670. The molecule has 0 amide bonds. The molecule has 1 heterocycles. The molecule has 0 aliphatic heterocycles. The monoisotopic (exact) mass is 259 g/mol. The Hall–Kier alpha value is -1.65. The van der Waals surface area contributed by atoms with E-state index in [1.165, 1.54) is 16.8 Å². The van der Waals surface area contributed by atoms with E-state index in [1.54, 1.807) is 7.11 Å². The van der Waals surface area contributed by atoms with Crippen LogP contribution in [0.3, 0.4) is 0 Å². The SMILES string of the molecule is COCc1cccc(CNCCc2ccnn2C)c1. The Balaban J connectivity index is 1.76. The van der Waals surface area contributed by atoms with Gasteiger partial charge in [-0.1, -0.05) is 24.3 Å². The van der Waals surface area contributed by atoms with E-state index in [2.05, 4.69) is 40.7 Å². The largest absolute Gasteiger partial charge is 0.380 e. The van der Waals surface area contributed by atoms with E-state index < -0.39 is 0 Å². The Kier molecular flexibility index (Phi) is 5.12. The quantitative estimate of drug-likeness (QED) is 0.772. The van der Waals surface area contributed by atoms with Crippen LogP contribution in [0.5, 0.6) is 0 Å². The molecule has 0 bridgehead atoms. The van der Waals surface area contributed by atoms with Crippen molar-refractivity contribution in [3.63, 3.8) is 0 Å². The number of aromatic nitrogens is 2. The summed E-state index contributed by atoms with van der Waals surface area (Å²) in [5, 5.41) is 7.62. The summed E-state index contributed by atoms with van der Waals surface area (Å²) in [6.45, 7) is 2.51. The minimum Gasteiger partial charge on any atom is -0.380 e. The van der Waals surface area contributed by atoms with Gasteiger partial charge in [0.25, 0.3) is 0 Å². The Morgan fingerprint density at radius 1 is 1.26 bits per heavy atom. The summed E-state index contributed by atoms with van der Waals surface area (Å²) < 4.78 is 7.06. The summed E-state index contributed by atoms with van der Waals surface area (Å²) in [4.78, 5) is 0. The first-order valence-corrected chi connectivity index (χ1v) is 6.54. The first kappa shape index (κ1) is 13.8. The molecular formula is C15H21N3O. The maximum absolute atomic E-state index is 5.14. The van der Waals surface area contributed by atoms with E-state index in [0.29, 0.717) is 6.61 Å². The summed E-state index contributed by atoms with van der Waals surface area (Å²) in [7, 11) is 3.70. The minimum atomic E-state index is 0.670. The van der Waals surface area contributed by atoms with Gasteiger partial charge in [0, 0.05) is 45.6 Å². The van der Waals surface area contributed by atoms with Crippen molar-refractivity contribution in [2.45, 2.75) is 19.6 Å². The van der Waals surface area contributed by atoms with Gasteiger partial charge in [-0.25, -0.2) is 0 Å². The number of hydrogen-bond donors (Lipinski definition) is 1. The van der Waals surface area contributed by atoms with E-state index >= 15 is 0 Å². The van der Waals surface area contributed by atoms with Crippen molar-refractivity contribution in [3.8, 4) is 0 Å². The van der Waals surface area contributed by atoms with Gasteiger partial charge in [-0.15, -0.1) is 0 Å². The molecule has 1 aromatic heterocycles. The summed E-state index contributed by atoms with van der Waals surface area (Å²) >= 11 is 0. The van der Waals surface area contributed by atoms with Crippen LogP contribution < -0.4 is 5.32 Å². The second kappa shape index (κ2) is 7.07. The topological polar surface area (TPSA) is 39.1 Å². The Labute approximate surface area is 114 Å². The molecule has 102 valence electrons. The molecule has 1 aromatic carbocycles. The summed E-state index contributed by atoms with van der Waals surface area (Å²) in [5.41, 5.74) is 3.76. The fourth-order valence-corrected chi connectivity index (χ4v) is 2.09. The van der Waals surface area contributed by atoms with Crippen LogP contribution in [0.15, 0.2) is 36.5 Å². The molecule has 1 N–H and O–H groups in total. The number of hydrogen-bond acceptors (Lipinski definition) is 3. The van der Waals surface area contributed by atoms with Crippen molar-refractivity contribution < 1.29 is 4.74 Å². The van der Waals surface area contributed by atoms with Crippen molar-refractivity contribution in [1.29, 1.82) is 0 Å². The number of benzene rings is 1. The van der Waals surface area contributed by atoms with E-state index in [1.807, 2.05) is 17.9 Å². The highest BCUT2D eigenvalue weighted by molar-refractivity contribution is 5.22. The van der Waals surface area contributed by atoms with Gasteiger partial charge < -0.3 is 10.1 Å². The lowest BCUT2D eigenvalue weighted by atomic mass is 10.1. The average Bonchev–Trinajstić information content (AvgIpc) is 2.81. The zero-order valence-electron chi connectivity index (χ0n) is 11.6. The second-order valence-electron chi connectivity index (χ2n) is 4.63. The number of aryl methyl sites for hydroxylation is 1. The van der Waals surface area contributed by atoms with Gasteiger partial charge in [0.15, 0.2) is 0 Å². The number of nitrogens with one attached hydrogen (secondary N) is 1. The van der Waals surface area contributed by atoms with Crippen LogP contribution in [0.1, 0.15) is 16.8 Å². The molecule has 0 spiro atoms. The van der Waals surface area contributed by atoms with Gasteiger partial charge in [-0.2, -0.15) is 5.10 Å². The van der Waals surface area contributed by atoms with Crippen molar-refractivity contribution in [1.82, 2.24) is 15.1 Å². The molecule has 19 heavy (non-hydrogen) atoms. The zero-order chi connectivity index (χ0) is 13.5. The Morgan fingerprint density at radius 3 is 2.84 bits per heavy atom. The van der Waals surface area contributed by atoms with Crippen LogP contribution in [-0.2, 0) is 31.4 Å². The molecule has 0 aliphatic carbocycles. The number of nitrogens with zero attached hydrogens (tertiary/aromatic N) is 2. The zero-order valence-corrected chi connectivity index (χ0v) is 11.6. The average molecular weight is 259 g/mol. The van der Waals surface area contributed by atoms with Gasteiger partial charge in [0.2, 0.25) is 0 Å². The van der Waals surface area contributed by atoms with Crippen LogP contribution in [-0.4, -0.2) is 23.4 Å². The highest BCUT2D eigenvalue weighted by Crippen LogP contribution is 2.06. The van der Waals surface area contributed by atoms with Gasteiger partial charge >= 0.3 is 0 Å². The third kappa shape index (κ3) is 4.19. The van der Waals surface area contributed by atoms with Crippen LogP contribution in [0.2, 0.25) is 0 Å². The summed E-state index contributed by atoms with van der Waals surface area (Å²) in [5.74, 6) is 0. The van der Waals surface area contributed by atoms with E-state index in [4.69, 9.17) is 4.74 Å². The fraction of sp³-hybridized carbons (Fsp3) is 0.400. The highest BCUT2D eigenvalue weighted by atomic mass is 16.5. The molecule has 4 heteroatoms. The lowest BCUT2D eigenvalue weighted by molar-refractivity contribution is 0.185. The van der Waals surface area contributed by atoms with Crippen molar-refractivity contribution in [2.75, 3.05) is 13.7 Å². The van der Waals surface area contributed by atoms with Crippen molar-refractivity contribution >= 4 is 0 Å². The number of methoxy groups -OCH3 is 1. The third-order valence-corrected chi connectivity index (χ3v) is 3.11. The second-order valence-corrected chi connectivity index (χ2v) is 4.63. The maximum Gasteiger partial charge on any atom is 0.0713 e. The van der Waals surface area contributed by atoms with Gasteiger partial charge in [-0.05, 0) is 17.2 Å². The lowest BCUT2D eigenvalue weighted by Crippen LogP contribution is -2.18. The smallest absolute Gasteiger partial charge is 0.0713 e. The molecule has 0 unspecified atom stereocenters. The van der Waals surface area contributed by atoms with Crippen LogP contribution >= 0.6 is 0 Å². The summed E-state index contributed by atoms with van der Waals surface area (Å²) in [6.07, 6.45) is 2.83. The molecule has 0 saturated heterocycles. The first-order valence-electron chi connectivity index (χ1n) is 6.54. The van der Waals surface area contributed by atoms with E-state index in [0.717, 1.165) is 19.5 Å². The summed E-state index contributed by atoms with van der Waals surface area (Å²) in [6, 6.07) is 10.5. The molecular weight excluding hydrogens is 238 g/mol. The van der Waals surface area contributed by atoms with Crippen LogP contribution in [0.25, 0.3) is 0 Å². The van der Waals surface area contributed by atoms with Crippen molar-refractivity contribution in [3.05, 3.63) is 53.3 Å². The Bertz CT molecular complexity index is 508. The van der Waals surface area contributed by atoms with Crippen LogP contribution in [0, 0.1) is 0 Å². The van der Waals surface area contributed by atoms with Crippen LogP contribution in [0.4, 0.5) is 0 Å². The van der Waals surface area contributed by atoms with Crippen molar-refractivity contribution in [2.24, 2.45) is 7.05 Å². The fourth-order valence-electron chi connectivity index (χ4n) is 2.09. The normalized spacial score (nSPS) is 10.8. The molecule has 0 atom stereocenters. The highest BCUT2D eigenvalue weighted by Gasteiger charge is 1.99. The number of ether oxygens (including phenoxy) is 1. The Morgan fingerprint density at radius 2 is 2.11 bits per heavy atom. The molecule has 4 nitrogen and oxygen atoms in total. The number of rotatable bonds is 7. The van der Waals surface area contributed by atoms with E-state index in [-0.39, 0.29) is 0 Å². The molecule has 2 aromatic rings. The van der Waals surface area contributed by atoms with Gasteiger partial charge in [-0.3, -0.25) is 4.68 Å². The molecule has 0 fully saturated rings.